The van der Waals surface area contributed by atoms with E-state index in [2.05, 4.69) is 17.0 Å². The Balaban J connectivity index is 2.04. The zero-order valence-electron chi connectivity index (χ0n) is 12.8. The summed E-state index contributed by atoms with van der Waals surface area (Å²) in [5.74, 6) is -0.794. The fourth-order valence-corrected chi connectivity index (χ4v) is 2.63. The summed E-state index contributed by atoms with van der Waals surface area (Å²) >= 11 is 0. The molecule has 116 valence electrons. The van der Waals surface area contributed by atoms with Crippen molar-refractivity contribution in [1.29, 1.82) is 0 Å². The summed E-state index contributed by atoms with van der Waals surface area (Å²) in [7, 11) is 3.98. The van der Waals surface area contributed by atoms with Gasteiger partial charge in [0.1, 0.15) is 0 Å². The van der Waals surface area contributed by atoms with Crippen molar-refractivity contribution in [1.82, 2.24) is 9.80 Å². The molecule has 1 unspecified atom stereocenters. The highest BCUT2D eigenvalue weighted by Crippen LogP contribution is 2.27. The Labute approximate surface area is 126 Å². The number of fused-ring (bicyclic) bond motifs is 1. The van der Waals surface area contributed by atoms with Crippen molar-refractivity contribution in [2.75, 3.05) is 46.9 Å². The third-order valence-corrected chi connectivity index (χ3v) is 3.74. The van der Waals surface area contributed by atoms with Gasteiger partial charge in [-0.05, 0) is 31.6 Å². The lowest BCUT2D eigenvalue weighted by Crippen LogP contribution is -2.39. The van der Waals surface area contributed by atoms with E-state index < -0.39 is 5.97 Å². The molecule has 5 nitrogen and oxygen atoms in total. The van der Waals surface area contributed by atoms with Gasteiger partial charge < -0.3 is 14.7 Å². The summed E-state index contributed by atoms with van der Waals surface area (Å²) in [5, 5.41) is 9.08. The predicted octanol–water partition coefficient (Wildman–Crippen LogP) is 1.25. The summed E-state index contributed by atoms with van der Waals surface area (Å²) in [6.07, 6.45) is 0.903. The highest BCUT2D eigenvalue weighted by atomic mass is 16.5. The number of hydrogen-bond acceptors (Lipinski definition) is 4. The van der Waals surface area contributed by atoms with Crippen molar-refractivity contribution >= 4 is 5.97 Å². The molecule has 0 saturated carbocycles. The van der Waals surface area contributed by atoms with Gasteiger partial charge in [-0.1, -0.05) is 24.3 Å². The molecular weight excluding hydrogens is 268 g/mol. The molecule has 1 aliphatic rings. The SMILES string of the molecule is CN(C)CCN(CC(=O)O)CC1OCCc2ccccc21. The smallest absolute Gasteiger partial charge is 0.317 e. The summed E-state index contributed by atoms with van der Waals surface area (Å²) in [4.78, 5) is 15.1. The average molecular weight is 292 g/mol. The molecule has 0 aliphatic carbocycles. The second-order valence-electron chi connectivity index (χ2n) is 5.74. The van der Waals surface area contributed by atoms with Gasteiger partial charge >= 0.3 is 5.97 Å². The molecule has 1 aliphatic heterocycles. The van der Waals surface area contributed by atoms with E-state index in [9.17, 15) is 4.79 Å². The Morgan fingerprint density at radius 2 is 2.10 bits per heavy atom. The van der Waals surface area contributed by atoms with Crippen molar-refractivity contribution in [2.45, 2.75) is 12.5 Å². The van der Waals surface area contributed by atoms with E-state index in [-0.39, 0.29) is 12.6 Å². The lowest BCUT2D eigenvalue weighted by atomic mass is 9.97. The molecule has 1 aromatic carbocycles. The topological polar surface area (TPSA) is 53.0 Å². The summed E-state index contributed by atoms with van der Waals surface area (Å²) in [6.45, 7) is 2.94. The fourth-order valence-electron chi connectivity index (χ4n) is 2.63. The first kappa shape index (κ1) is 15.9. The highest BCUT2D eigenvalue weighted by molar-refractivity contribution is 5.69. The molecule has 5 heteroatoms. The van der Waals surface area contributed by atoms with Gasteiger partial charge in [0.05, 0.1) is 19.3 Å². The standard InChI is InChI=1S/C16H24N2O3/c1-17(2)8-9-18(12-16(19)20)11-15-14-6-4-3-5-13(14)7-10-21-15/h3-6,15H,7-12H2,1-2H3,(H,19,20). The summed E-state index contributed by atoms with van der Waals surface area (Å²) in [5.41, 5.74) is 2.51. The molecular formula is C16H24N2O3. The molecule has 1 atom stereocenters. The van der Waals surface area contributed by atoms with E-state index in [1.165, 1.54) is 11.1 Å². The first-order chi connectivity index (χ1) is 10.1. The van der Waals surface area contributed by atoms with E-state index in [1.807, 2.05) is 31.1 Å². The van der Waals surface area contributed by atoms with Crippen LogP contribution in [-0.4, -0.2) is 67.8 Å². The maximum atomic E-state index is 11.0. The number of aliphatic carboxylic acids is 1. The molecule has 0 bridgehead atoms. The fraction of sp³-hybridized carbons (Fsp3) is 0.562. The third-order valence-electron chi connectivity index (χ3n) is 3.74. The third kappa shape index (κ3) is 4.81. The Kier molecular flexibility index (Phi) is 5.73. The van der Waals surface area contributed by atoms with E-state index in [4.69, 9.17) is 9.84 Å². The van der Waals surface area contributed by atoms with Crippen molar-refractivity contribution < 1.29 is 14.6 Å². The molecule has 21 heavy (non-hydrogen) atoms. The normalized spacial score (nSPS) is 18.0. The van der Waals surface area contributed by atoms with Crippen molar-refractivity contribution in [3.05, 3.63) is 35.4 Å². The Morgan fingerprint density at radius 1 is 1.33 bits per heavy atom. The lowest BCUT2D eigenvalue weighted by Gasteiger charge is -2.31. The van der Waals surface area contributed by atoms with Gasteiger partial charge in [0.2, 0.25) is 0 Å². The maximum Gasteiger partial charge on any atom is 0.317 e. The van der Waals surface area contributed by atoms with Crippen molar-refractivity contribution in [2.24, 2.45) is 0 Å². The molecule has 1 N–H and O–H groups in total. The zero-order valence-corrected chi connectivity index (χ0v) is 12.8. The number of carbonyl (C=O) groups is 1. The second-order valence-corrected chi connectivity index (χ2v) is 5.74. The van der Waals surface area contributed by atoms with Crippen molar-refractivity contribution in [3.63, 3.8) is 0 Å². The average Bonchev–Trinajstić information content (AvgIpc) is 2.44. The Hall–Kier alpha value is -1.43. The van der Waals surface area contributed by atoms with Crippen molar-refractivity contribution in [3.8, 4) is 0 Å². The van der Waals surface area contributed by atoms with Crippen LogP contribution in [0.3, 0.4) is 0 Å². The molecule has 0 saturated heterocycles. The predicted molar refractivity (Wildman–Crippen MR) is 81.5 cm³/mol. The number of carboxylic acid groups (broad SMARTS) is 1. The van der Waals surface area contributed by atoms with Crippen LogP contribution in [0.25, 0.3) is 0 Å². The number of hydrogen-bond donors (Lipinski definition) is 1. The van der Waals surface area contributed by atoms with Crippen LogP contribution < -0.4 is 0 Å². The van der Waals surface area contributed by atoms with E-state index in [0.29, 0.717) is 13.2 Å². The highest BCUT2D eigenvalue weighted by Gasteiger charge is 2.23. The molecule has 0 radical (unpaired) electrons. The second kappa shape index (κ2) is 7.54. The molecule has 0 fully saturated rings. The Bertz CT molecular complexity index is 476. The first-order valence-corrected chi connectivity index (χ1v) is 7.34. The lowest BCUT2D eigenvalue weighted by molar-refractivity contribution is -0.138. The van der Waals surface area contributed by atoms with Gasteiger partial charge in [-0.15, -0.1) is 0 Å². The number of likely N-dealkylation sites (N-methyl/N-ethyl adjacent to an activating group) is 1. The minimum absolute atomic E-state index is 0.0311. The summed E-state index contributed by atoms with van der Waals surface area (Å²) < 4.78 is 5.88. The van der Waals surface area contributed by atoms with Crippen LogP contribution in [0.15, 0.2) is 24.3 Å². The quantitative estimate of drug-likeness (QED) is 0.819. The number of carboxylic acids is 1. The largest absolute Gasteiger partial charge is 0.480 e. The monoisotopic (exact) mass is 292 g/mol. The van der Waals surface area contributed by atoms with Crippen LogP contribution in [0.5, 0.6) is 0 Å². The van der Waals surface area contributed by atoms with Crippen LogP contribution in [0, 0.1) is 0 Å². The first-order valence-electron chi connectivity index (χ1n) is 7.34. The number of benzene rings is 1. The molecule has 1 heterocycles. The molecule has 0 amide bonds. The molecule has 0 aromatic heterocycles. The van der Waals surface area contributed by atoms with Gasteiger partial charge in [-0.2, -0.15) is 0 Å². The van der Waals surface area contributed by atoms with E-state index >= 15 is 0 Å². The van der Waals surface area contributed by atoms with E-state index in [0.717, 1.165) is 19.5 Å². The molecule has 0 spiro atoms. The van der Waals surface area contributed by atoms with Gasteiger partial charge in [0.25, 0.3) is 0 Å². The Morgan fingerprint density at radius 3 is 2.81 bits per heavy atom. The van der Waals surface area contributed by atoms with Gasteiger partial charge in [-0.3, -0.25) is 9.69 Å². The minimum Gasteiger partial charge on any atom is -0.480 e. The molecule has 1 aromatic rings. The molecule has 2 rings (SSSR count). The summed E-state index contributed by atoms with van der Waals surface area (Å²) in [6, 6.07) is 8.28. The van der Waals surface area contributed by atoms with Gasteiger partial charge in [-0.25, -0.2) is 0 Å². The van der Waals surface area contributed by atoms with Crippen LogP contribution in [-0.2, 0) is 16.0 Å². The maximum absolute atomic E-state index is 11.0. The van der Waals surface area contributed by atoms with Crippen LogP contribution >= 0.6 is 0 Å². The minimum atomic E-state index is -0.794. The number of ether oxygens (including phenoxy) is 1. The zero-order chi connectivity index (χ0) is 15.2. The van der Waals surface area contributed by atoms with Crippen LogP contribution in [0.2, 0.25) is 0 Å². The number of rotatable bonds is 7. The van der Waals surface area contributed by atoms with Crippen LogP contribution in [0.4, 0.5) is 0 Å². The van der Waals surface area contributed by atoms with Gasteiger partial charge in [0, 0.05) is 19.6 Å². The van der Waals surface area contributed by atoms with Crippen LogP contribution in [0.1, 0.15) is 17.2 Å². The van der Waals surface area contributed by atoms with E-state index in [1.54, 1.807) is 0 Å². The van der Waals surface area contributed by atoms with Gasteiger partial charge in [0.15, 0.2) is 0 Å². The number of nitrogens with zero attached hydrogens (tertiary/aromatic N) is 2.